The summed E-state index contributed by atoms with van der Waals surface area (Å²) in [5.74, 6) is -1.72. The number of nitrogens with zero attached hydrogens (tertiary/aromatic N) is 2. The van der Waals surface area contributed by atoms with Gasteiger partial charge in [0, 0.05) is 26.1 Å². The lowest BCUT2D eigenvalue weighted by molar-refractivity contribution is -0.156. The van der Waals surface area contributed by atoms with Gasteiger partial charge in [-0.25, -0.2) is 4.39 Å². The highest BCUT2D eigenvalue weighted by atomic mass is 19.1. The fraction of sp³-hybridized carbons (Fsp3) is 0.400. The van der Waals surface area contributed by atoms with Gasteiger partial charge in [0.05, 0.1) is 6.54 Å². The first-order chi connectivity index (χ1) is 10.0. The molecular formula is C15H17FN2O3. The van der Waals surface area contributed by atoms with Gasteiger partial charge in [-0.15, -0.1) is 0 Å². The number of piperazine rings is 1. The summed E-state index contributed by atoms with van der Waals surface area (Å²) < 4.78 is 12.8. The summed E-state index contributed by atoms with van der Waals surface area (Å²) in [7, 11) is 0. The Labute approximate surface area is 122 Å². The molecule has 1 aliphatic heterocycles. The molecule has 0 radical (unpaired) electrons. The van der Waals surface area contributed by atoms with Crippen LogP contribution >= 0.6 is 0 Å². The monoisotopic (exact) mass is 292 g/mol. The molecule has 0 atom stereocenters. The number of rotatable bonds is 5. The molecule has 0 N–H and O–H groups in total. The van der Waals surface area contributed by atoms with Gasteiger partial charge in [0.1, 0.15) is 5.82 Å². The zero-order valence-electron chi connectivity index (χ0n) is 11.8. The van der Waals surface area contributed by atoms with Gasteiger partial charge in [-0.05, 0) is 24.6 Å². The van der Waals surface area contributed by atoms with Crippen molar-refractivity contribution in [2.75, 3.05) is 26.2 Å². The number of hydrogen-bond donors (Lipinski definition) is 0. The molecule has 0 saturated carbocycles. The van der Waals surface area contributed by atoms with Crippen molar-refractivity contribution < 1.29 is 18.8 Å². The normalized spacial score (nSPS) is 15.5. The second-order valence-electron chi connectivity index (χ2n) is 4.95. The van der Waals surface area contributed by atoms with Crippen molar-refractivity contribution >= 4 is 17.6 Å². The summed E-state index contributed by atoms with van der Waals surface area (Å²) in [6, 6.07) is 5.65. The minimum atomic E-state index is -0.629. The van der Waals surface area contributed by atoms with E-state index >= 15 is 0 Å². The van der Waals surface area contributed by atoms with Crippen LogP contribution in [0.4, 0.5) is 4.39 Å². The first-order valence-corrected chi connectivity index (χ1v) is 6.85. The number of ketones is 1. The van der Waals surface area contributed by atoms with Gasteiger partial charge < -0.3 is 9.80 Å². The first-order valence-electron chi connectivity index (χ1n) is 6.85. The van der Waals surface area contributed by atoms with Gasteiger partial charge >= 0.3 is 11.8 Å². The lowest BCUT2D eigenvalue weighted by atomic mass is 10.1. The summed E-state index contributed by atoms with van der Waals surface area (Å²) in [6.45, 7) is 3.03. The summed E-state index contributed by atoms with van der Waals surface area (Å²) >= 11 is 0. The molecule has 0 unspecified atom stereocenters. The van der Waals surface area contributed by atoms with Crippen LogP contribution in [-0.2, 0) is 20.8 Å². The van der Waals surface area contributed by atoms with Crippen molar-refractivity contribution in [2.45, 2.75) is 13.3 Å². The van der Waals surface area contributed by atoms with Crippen molar-refractivity contribution in [3.63, 3.8) is 0 Å². The predicted octanol–water partition coefficient (Wildman–Crippen LogP) is 0.628. The second-order valence-corrected chi connectivity index (χ2v) is 4.95. The highest BCUT2D eigenvalue weighted by molar-refractivity contribution is 6.35. The van der Waals surface area contributed by atoms with Crippen molar-refractivity contribution in [2.24, 2.45) is 0 Å². The molecule has 2 amide bonds. The third kappa shape index (κ3) is 3.65. The SMILES string of the molecule is CCN1CCN(CC(=O)Cc2ccc(F)cc2)C(=O)C1=O. The quantitative estimate of drug-likeness (QED) is 0.748. The molecule has 0 spiro atoms. The average molecular weight is 292 g/mol. The van der Waals surface area contributed by atoms with Crippen LogP contribution in [0.5, 0.6) is 0 Å². The van der Waals surface area contributed by atoms with Crippen LogP contribution in [0, 0.1) is 5.82 Å². The minimum absolute atomic E-state index is 0.0838. The summed E-state index contributed by atoms with van der Waals surface area (Å²) in [4.78, 5) is 38.3. The van der Waals surface area contributed by atoms with Gasteiger partial charge in [0.2, 0.25) is 0 Å². The van der Waals surface area contributed by atoms with Crippen LogP contribution in [0.15, 0.2) is 24.3 Å². The van der Waals surface area contributed by atoms with E-state index in [2.05, 4.69) is 0 Å². The molecule has 6 heteroatoms. The van der Waals surface area contributed by atoms with Crippen LogP contribution in [0.2, 0.25) is 0 Å². The topological polar surface area (TPSA) is 57.7 Å². The van der Waals surface area contributed by atoms with Gasteiger partial charge in [-0.2, -0.15) is 0 Å². The Bertz CT molecular complexity index is 557. The minimum Gasteiger partial charge on any atom is -0.333 e. The summed E-state index contributed by atoms with van der Waals surface area (Å²) in [5.41, 5.74) is 0.687. The Morgan fingerprint density at radius 3 is 2.29 bits per heavy atom. The van der Waals surface area contributed by atoms with E-state index in [0.29, 0.717) is 25.2 Å². The number of amides is 2. The van der Waals surface area contributed by atoms with Crippen LogP contribution in [-0.4, -0.2) is 53.6 Å². The Hall–Kier alpha value is -2.24. The van der Waals surface area contributed by atoms with Crippen LogP contribution in [0.25, 0.3) is 0 Å². The molecule has 21 heavy (non-hydrogen) atoms. The number of carbonyl (C=O) groups is 3. The summed E-state index contributed by atoms with van der Waals surface area (Å²) in [5, 5.41) is 0. The van der Waals surface area contributed by atoms with E-state index in [1.807, 2.05) is 0 Å². The Balaban J connectivity index is 1.92. The number of hydrogen-bond acceptors (Lipinski definition) is 3. The fourth-order valence-corrected chi connectivity index (χ4v) is 2.27. The molecule has 112 valence electrons. The van der Waals surface area contributed by atoms with Crippen LogP contribution in [0.1, 0.15) is 12.5 Å². The Kier molecular flexibility index (Phi) is 4.67. The van der Waals surface area contributed by atoms with Crippen molar-refractivity contribution in [3.8, 4) is 0 Å². The average Bonchev–Trinajstić information content (AvgIpc) is 2.47. The smallest absolute Gasteiger partial charge is 0.312 e. The lowest BCUT2D eigenvalue weighted by Gasteiger charge is -2.32. The zero-order valence-corrected chi connectivity index (χ0v) is 11.8. The van der Waals surface area contributed by atoms with E-state index in [0.717, 1.165) is 0 Å². The van der Waals surface area contributed by atoms with Crippen molar-refractivity contribution in [1.82, 2.24) is 9.80 Å². The van der Waals surface area contributed by atoms with Crippen LogP contribution in [0.3, 0.4) is 0 Å². The van der Waals surface area contributed by atoms with Gasteiger partial charge in [-0.1, -0.05) is 12.1 Å². The molecule has 1 aromatic rings. The maximum absolute atomic E-state index is 12.8. The van der Waals surface area contributed by atoms with E-state index in [9.17, 15) is 18.8 Å². The maximum Gasteiger partial charge on any atom is 0.312 e. The van der Waals surface area contributed by atoms with E-state index < -0.39 is 11.8 Å². The van der Waals surface area contributed by atoms with Crippen molar-refractivity contribution in [1.29, 1.82) is 0 Å². The third-order valence-corrected chi connectivity index (χ3v) is 3.46. The molecule has 1 saturated heterocycles. The Morgan fingerprint density at radius 1 is 1.10 bits per heavy atom. The van der Waals surface area contributed by atoms with Gasteiger partial charge in [0.15, 0.2) is 5.78 Å². The lowest BCUT2D eigenvalue weighted by Crippen LogP contribution is -2.55. The molecule has 0 bridgehead atoms. The maximum atomic E-state index is 12.8. The molecule has 0 aromatic heterocycles. The summed E-state index contributed by atoms with van der Waals surface area (Å²) in [6.07, 6.45) is 0.121. The first kappa shape index (κ1) is 15.2. The molecule has 5 nitrogen and oxygen atoms in total. The largest absolute Gasteiger partial charge is 0.333 e. The van der Waals surface area contributed by atoms with Gasteiger partial charge in [-0.3, -0.25) is 14.4 Å². The third-order valence-electron chi connectivity index (χ3n) is 3.46. The predicted molar refractivity (Wildman–Crippen MR) is 73.9 cm³/mol. The molecule has 1 aromatic carbocycles. The number of halogens is 1. The van der Waals surface area contributed by atoms with E-state index in [1.165, 1.54) is 34.1 Å². The number of carbonyl (C=O) groups excluding carboxylic acids is 3. The zero-order chi connectivity index (χ0) is 15.4. The Morgan fingerprint density at radius 2 is 1.67 bits per heavy atom. The second kappa shape index (κ2) is 6.47. The molecular weight excluding hydrogens is 275 g/mol. The number of Topliss-reactive ketones (excluding diaryl/α,β-unsaturated/α-hetero) is 1. The molecule has 1 aliphatic rings. The highest BCUT2D eigenvalue weighted by Crippen LogP contribution is 2.08. The molecule has 1 heterocycles. The van der Waals surface area contributed by atoms with E-state index in [4.69, 9.17) is 0 Å². The number of benzene rings is 1. The highest BCUT2D eigenvalue weighted by Gasteiger charge is 2.32. The van der Waals surface area contributed by atoms with Gasteiger partial charge in [0.25, 0.3) is 0 Å². The molecule has 1 fully saturated rings. The standard InChI is InChI=1S/C15H17FN2O3/c1-2-17-7-8-18(15(21)14(17)20)10-13(19)9-11-3-5-12(16)6-4-11/h3-6H,2,7-10H2,1H3. The molecule has 0 aliphatic carbocycles. The van der Waals surface area contributed by atoms with E-state index in [1.54, 1.807) is 6.92 Å². The molecule has 2 rings (SSSR count). The van der Waals surface area contributed by atoms with Crippen LogP contribution < -0.4 is 0 Å². The van der Waals surface area contributed by atoms with E-state index in [-0.39, 0.29) is 24.6 Å². The fourth-order valence-electron chi connectivity index (χ4n) is 2.27. The van der Waals surface area contributed by atoms with Crippen molar-refractivity contribution in [3.05, 3.63) is 35.6 Å². The number of likely N-dealkylation sites (N-methyl/N-ethyl adjacent to an activating group) is 1.